The van der Waals surface area contributed by atoms with Crippen molar-refractivity contribution in [3.8, 4) is 0 Å². The van der Waals surface area contributed by atoms with E-state index in [0.29, 0.717) is 18.2 Å². The van der Waals surface area contributed by atoms with Crippen LogP contribution in [0.5, 0.6) is 0 Å². The summed E-state index contributed by atoms with van der Waals surface area (Å²) in [5, 5.41) is 18.1. The van der Waals surface area contributed by atoms with Gasteiger partial charge in [0.05, 0.1) is 17.7 Å². The minimum Gasteiger partial charge on any atom is -0.393 e. The van der Waals surface area contributed by atoms with E-state index >= 15 is 0 Å². The second kappa shape index (κ2) is 5.82. The lowest BCUT2D eigenvalue weighted by Gasteiger charge is -2.44. The number of aliphatic hydroxyl groups excluding tert-OH is 1. The summed E-state index contributed by atoms with van der Waals surface area (Å²) in [6.07, 6.45) is 7.09. The molecule has 2 bridgehead atoms. The first-order valence-corrected chi connectivity index (χ1v) is 10.3. The van der Waals surface area contributed by atoms with Crippen molar-refractivity contribution in [3.05, 3.63) is 17.5 Å². The van der Waals surface area contributed by atoms with Crippen molar-refractivity contribution >= 4 is 5.91 Å². The normalized spacial score (nSPS) is 36.7. The van der Waals surface area contributed by atoms with Crippen LogP contribution in [0.15, 0.2) is 6.20 Å². The van der Waals surface area contributed by atoms with E-state index in [1.807, 2.05) is 6.20 Å². The molecule has 2 saturated carbocycles. The Bertz CT molecular complexity index is 704. The van der Waals surface area contributed by atoms with Crippen LogP contribution in [0.2, 0.25) is 0 Å². The Morgan fingerprint density at radius 2 is 2.00 bits per heavy atom. The smallest absolute Gasteiger partial charge is 0.229 e. The third-order valence-electron chi connectivity index (χ3n) is 8.70. The van der Waals surface area contributed by atoms with Crippen LogP contribution in [0.25, 0.3) is 0 Å². The fourth-order valence-corrected chi connectivity index (χ4v) is 6.23. The van der Waals surface area contributed by atoms with E-state index in [4.69, 9.17) is 0 Å². The highest BCUT2D eigenvalue weighted by molar-refractivity contribution is 5.85. The Morgan fingerprint density at radius 3 is 2.54 bits per heavy atom. The number of aryl methyl sites for hydroxylation is 1. The zero-order valence-electron chi connectivity index (χ0n) is 16.6. The van der Waals surface area contributed by atoms with E-state index in [2.05, 4.69) is 42.8 Å². The lowest BCUT2D eigenvalue weighted by molar-refractivity contribution is -0.148. The molecule has 0 radical (unpaired) electrons. The first-order valence-electron chi connectivity index (χ1n) is 10.3. The first-order chi connectivity index (χ1) is 12.3. The van der Waals surface area contributed by atoms with Gasteiger partial charge in [0.15, 0.2) is 0 Å². The topological polar surface area (TPSA) is 69.2 Å². The second-order valence-corrected chi connectivity index (χ2v) is 9.57. The van der Waals surface area contributed by atoms with Gasteiger partial charge in [0.1, 0.15) is 0 Å². The predicted molar refractivity (Wildman–Crippen MR) is 101 cm³/mol. The molecule has 144 valence electrons. The number of amides is 1. The van der Waals surface area contributed by atoms with Crippen molar-refractivity contribution in [3.63, 3.8) is 0 Å². The monoisotopic (exact) mass is 359 g/mol. The van der Waals surface area contributed by atoms with Gasteiger partial charge in [0.25, 0.3) is 0 Å². The fourth-order valence-electron chi connectivity index (χ4n) is 6.23. The molecular weight excluding hydrogens is 326 g/mol. The third-order valence-corrected chi connectivity index (χ3v) is 8.70. The first kappa shape index (κ1) is 18.0. The number of fused-ring (bicyclic) bond motifs is 2. The lowest BCUT2D eigenvalue weighted by Crippen LogP contribution is -2.50. The van der Waals surface area contributed by atoms with Gasteiger partial charge < -0.3 is 10.0 Å². The summed E-state index contributed by atoms with van der Waals surface area (Å²) in [4.78, 5) is 15.7. The maximum absolute atomic E-state index is 13.6. The van der Waals surface area contributed by atoms with Gasteiger partial charge in [0, 0.05) is 24.7 Å². The summed E-state index contributed by atoms with van der Waals surface area (Å²) < 4.78 is 0. The van der Waals surface area contributed by atoms with Gasteiger partial charge in [-0.1, -0.05) is 27.7 Å². The highest BCUT2D eigenvalue weighted by atomic mass is 16.3. The summed E-state index contributed by atoms with van der Waals surface area (Å²) in [5.41, 5.74) is 1.91. The van der Waals surface area contributed by atoms with E-state index in [0.717, 1.165) is 45.2 Å². The average Bonchev–Trinajstić information content (AvgIpc) is 3.23. The molecule has 0 unspecified atom stereocenters. The minimum atomic E-state index is -0.378. The van der Waals surface area contributed by atoms with Gasteiger partial charge in [-0.15, -0.1) is 0 Å². The molecule has 4 rings (SSSR count). The summed E-state index contributed by atoms with van der Waals surface area (Å²) in [6, 6.07) is 0. The molecule has 3 fully saturated rings. The van der Waals surface area contributed by atoms with Crippen molar-refractivity contribution in [2.75, 3.05) is 13.1 Å². The minimum absolute atomic E-state index is 0.132. The van der Waals surface area contributed by atoms with Gasteiger partial charge in [-0.05, 0) is 54.9 Å². The highest BCUT2D eigenvalue weighted by Crippen LogP contribution is 2.72. The Morgan fingerprint density at radius 1 is 1.31 bits per heavy atom. The SMILES string of the molecule is CCc1cn[nH]c1C1CCN(C(=O)[C@]23CC[C@](C)([C@@H](O)C2)C3(C)C)CC1. The molecule has 2 heterocycles. The number of likely N-dealkylation sites (tertiary alicyclic amines) is 1. The molecule has 1 aliphatic heterocycles. The van der Waals surface area contributed by atoms with Gasteiger partial charge in [0.2, 0.25) is 5.91 Å². The molecule has 26 heavy (non-hydrogen) atoms. The number of piperidine rings is 1. The summed E-state index contributed by atoms with van der Waals surface area (Å²) in [6.45, 7) is 10.4. The zero-order valence-corrected chi connectivity index (χ0v) is 16.6. The number of aliphatic hydroxyl groups is 1. The summed E-state index contributed by atoms with van der Waals surface area (Å²) in [5.74, 6) is 0.770. The molecule has 3 atom stereocenters. The van der Waals surface area contributed by atoms with Crippen molar-refractivity contribution in [2.24, 2.45) is 16.2 Å². The number of rotatable bonds is 3. The average molecular weight is 360 g/mol. The Kier molecular flexibility index (Phi) is 4.03. The van der Waals surface area contributed by atoms with Gasteiger partial charge >= 0.3 is 0 Å². The van der Waals surface area contributed by atoms with Crippen molar-refractivity contribution in [1.82, 2.24) is 15.1 Å². The van der Waals surface area contributed by atoms with Crippen LogP contribution in [0, 0.1) is 16.2 Å². The standard InChI is InChI=1S/C21H33N3O2/c1-5-14-13-22-23-17(14)15-6-10-24(11-7-15)18(26)21-9-8-20(4,16(25)12-21)19(21,2)3/h13,15-16,25H,5-12H2,1-4H3,(H,22,23)/t16-,20+,21-/m0/s1. The maximum atomic E-state index is 13.6. The Hall–Kier alpha value is -1.36. The van der Waals surface area contributed by atoms with Crippen LogP contribution in [-0.4, -0.2) is 45.3 Å². The van der Waals surface area contributed by atoms with Crippen LogP contribution >= 0.6 is 0 Å². The van der Waals surface area contributed by atoms with Crippen LogP contribution in [0.1, 0.15) is 77.0 Å². The number of H-pyrrole nitrogens is 1. The van der Waals surface area contributed by atoms with Crippen molar-refractivity contribution in [1.29, 1.82) is 0 Å². The molecule has 0 aromatic carbocycles. The van der Waals surface area contributed by atoms with Crippen LogP contribution < -0.4 is 0 Å². The maximum Gasteiger partial charge on any atom is 0.229 e. The number of aromatic amines is 1. The molecule has 5 nitrogen and oxygen atoms in total. The molecule has 0 spiro atoms. The number of carbonyl (C=O) groups is 1. The number of hydrogen-bond donors (Lipinski definition) is 2. The fraction of sp³-hybridized carbons (Fsp3) is 0.810. The van der Waals surface area contributed by atoms with E-state index in [1.165, 1.54) is 11.3 Å². The quantitative estimate of drug-likeness (QED) is 0.870. The highest BCUT2D eigenvalue weighted by Gasteiger charge is 2.72. The molecule has 1 aromatic rings. The molecule has 2 N–H and O–H groups in total. The zero-order chi connectivity index (χ0) is 18.7. The van der Waals surface area contributed by atoms with E-state index in [1.54, 1.807) is 0 Å². The molecular formula is C21H33N3O2. The van der Waals surface area contributed by atoms with Gasteiger partial charge in [-0.3, -0.25) is 9.89 Å². The Labute approximate surface area is 156 Å². The van der Waals surface area contributed by atoms with E-state index < -0.39 is 0 Å². The summed E-state index contributed by atoms with van der Waals surface area (Å²) >= 11 is 0. The Balaban J connectivity index is 1.50. The van der Waals surface area contributed by atoms with E-state index in [9.17, 15) is 9.90 Å². The number of hydrogen-bond acceptors (Lipinski definition) is 3. The number of carbonyl (C=O) groups excluding carboxylic acids is 1. The van der Waals surface area contributed by atoms with Crippen LogP contribution in [0.3, 0.4) is 0 Å². The number of aromatic nitrogens is 2. The molecule has 1 amide bonds. The van der Waals surface area contributed by atoms with Crippen molar-refractivity contribution in [2.45, 2.75) is 78.2 Å². The van der Waals surface area contributed by atoms with Gasteiger partial charge in [-0.2, -0.15) is 5.10 Å². The summed E-state index contributed by atoms with van der Waals surface area (Å²) in [7, 11) is 0. The van der Waals surface area contributed by atoms with Gasteiger partial charge in [-0.25, -0.2) is 0 Å². The number of nitrogens with zero attached hydrogens (tertiary/aromatic N) is 2. The molecule has 1 saturated heterocycles. The van der Waals surface area contributed by atoms with E-state index in [-0.39, 0.29) is 22.3 Å². The predicted octanol–water partition coefficient (Wildman–Crippen LogP) is 3.26. The molecule has 2 aliphatic carbocycles. The second-order valence-electron chi connectivity index (χ2n) is 9.57. The van der Waals surface area contributed by atoms with Crippen LogP contribution in [-0.2, 0) is 11.2 Å². The lowest BCUT2D eigenvalue weighted by atomic mass is 9.64. The van der Waals surface area contributed by atoms with Crippen molar-refractivity contribution < 1.29 is 9.90 Å². The molecule has 3 aliphatic rings. The number of nitrogens with one attached hydrogen (secondary N) is 1. The van der Waals surface area contributed by atoms with Crippen LogP contribution in [0.4, 0.5) is 0 Å². The largest absolute Gasteiger partial charge is 0.393 e. The molecule has 5 heteroatoms. The molecule has 1 aromatic heterocycles. The third kappa shape index (κ3) is 2.12.